The van der Waals surface area contributed by atoms with E-state index in [-0.39, 0.29) is 48.7 Å². The zero-order valence-corrected chi connectivity index (χ0v) is 37.4. The van der Waals surface area contributed by atoms with Crippen LogP contribution >= 0.6 is 0 Å². The minimum Gasteiger partial charge on any atom is -0.497 e. The monoisotopic (exact) mass is 882 g/mol. The Morgan fingerprint density at radius 3 is 2.42 bits per heavy atom. The zero-order valence-electron chi connectivity index (χ0n) is 37.4. The van der Waals surface area contributed by atoms with Crippen LogP contribution in [0.1, 0.15) is 70.9 Å². The molecule has 1 N–H and O–H groups in total. The van der Waals surface area contributed by atoms with Crippen LogP contribution in [0.2, 0.25) is 0 Å². The van der Waals surface area contributed by atoms with E-state index in [4.69, 9.17) is 33.7 Å². The predicted molar refractivity (Wildman–Crippen MR) is 240 cm³/mol. The topological polar surface area (TPSA) is 111 Å². The van der Waals surface area contributed by atoms with Crippen molar-refractivity contribution < 1.29 is 41.7 Å². The molecule has 340 valence electrons. The van der Waals surface area contributed by atoms with Crippen LogP contribution in [-0.4, -0.2) is 109 Å². The molecule has 0 saturated carbocycles. The molecule has 1 aromatic heterocycles. The van der Waals surface area contributed by atoms with Crippen molar-refractivity contribution in [1.29, 1.82) is 0 Å². The average molecular weight is 883 g/mol. The number of carbonyl (C=O) groups excluding carboxylic acids is 1. The molecule has 0 spiro atoms. The third kappa shape index (κ3) is 8.32. The molecule has 5 heterocycles. The van der Waals surface area contributed by atoms with Gasteiger partial charge in [0.05, 0.1) is 24.7 Å². The second-order valence-electron chi connectivity index (χ2n) is 18.6. The SMILES string of the molecule is CCc1c(F)ccc2cc(OCOC)cc(-c3c(NCc4ccc(OC)cc4)cc4c(N5C[C@H]6CC[C@@H](C5)N6C(=O)OC(C)(C)C)nc(OC[C@@]56CCCN5C[C@H](F)C6)nc4c3F)c12. The summed E-state index contributed by atoms with van der Waals surface area (Å²) in [5.74, 6) is 0.497. The van der Waals surface area contributed by atoms with Gasteiger partial charge in [0, 0.05) is 56.3 Å². The standard InChI is InChI=1S/C49H57F3N6O6/c1-7-36-39(51)16-11-30-19-35(63-28-60-5)20-37(41(30)36)42-40(53-23-29-9-14-34(61-6)15-10-29)21-38-44(43(42)52)54-46(62-27-49-17-8-18-57(49)24-31(50)22-49)55-45(38)56-25-32-12-13-33(26-56)58(32)47(59)64-48(2,3)4/h9-11,14-16,19-21,31-33,53H,7-8,12-13,17-18,22-28H2,1-6H3/t31-,32-,33+,49+/m1/s1. The molecule has 5 aromatic rings. The summed E-state index contributed by atoms with van der Waals surface area (Å²) in [6, 6.07) is 15.7. The number of fused-ring (bicyclic) bond motifs is 5. The molecule has 0 radical (unpaired) electrons. The molecule has 9 rings (SSSR count). The number of carbonyl (C=O) groups is 1. The molecular formula is C49H57F3N6O6. The van der Waals surface area contributed by atoms with Crippen LogP contribution in [0.15, 0.2) is 54.6 Å². The first-order valence-electron chi connectivity index (χ1n) is 22.3. The molecule has 4 aromatic carbocycles. The van der Waals surface area contributed by atoms with Crippen molar-refractivity contribution in [2.75, 3.05) is 64.0 Å². The number of alkyl halides is 1. The van der Waals surface area contributed by atoms with Gasteiger partial charge in [0.25, 0.3) is 0 Å². The van der Waals surface area contributed by atoms with Gasteiger partial charge in [-0.3, -0.25) is 9.80 Å². The van der Waals surface area contributed by atoms with Crippen LogP contribution in [0.4, 0.5) is 29.5 Å². The molecule has 15 heteroatoms. The van der Waals surface area contributed by atoms with Crippen LogP contribution in [0.3, 0.4) is 0 Å². The number of amides is 1. The fourth-order valence-corrected chi connectivity index (χ4v) is 10.4. The molecule has 4 aliphatic rings. The highest BCUT2D eigenvalue weighted by molar-refractivity contribution is 6.07. The minimum atomic E-state index is -0.964. The first kappa shape index (κ1) is 43.7. The number of hydrogen-bond acceptors (Lipinski definition) is 11. The summed E-state index contributed by atoms with van der Waals surface area (Å²) in [7, 11) is 3.12. The van der Waals surface area contributed by atoms with E-state index in [9.17, 15) is 9.18 Å². The first-order valence-corrected chi connectivity index (χ1v) is 22.3. The minimum absolute atomic E-state index is 0.00768. The van der Waals surface area contributed by atoms with Crippen molar-refractivity contribution >= 4 is 39.3 Å². The zero-order chi connectivity index (χ0) is 44.9. The van der Waals surface area contributed by atoms with Gasteiger partial charge in [0.2, 0.25) is 0 Å². The van der Waals surface area contributed by atoms with Crippen molar-refractivity contribution in [2.45, 2.75) is 102 Å². The largest absolute Gasteiger partial charge is 0.497 e. The van der Waals surface area contributed by atoms with E-state index >= 15 is 8.78 Å². The lowest BCUT2D eigenvalue weighted by molar-refractivity contribution is 0.0122. The van der Waals surface area contributed by atoms with Crippen LogP contribution in [0.25, 0.3) is 32.8 Å². The quantitative estimate of drug-likeness (QED) is 0.114. The number of anilines is 2. The highest BCUT2D eigenvalue weighted by Crippen LogP contribution is 2.46. The number of ether oxygens (including phenoxy) is 5. The number of halogens is 3. The van der Waals surface area contributed by atoms with Crippen LogP contribution in [0, 0.1) is 11.6 Å². The number of methoxy groups -OCH3 is 2. The Labute approximate surface area is 372 Å². The molecule has 2 bridgehead atoms. The molecule has 0 unspecified atom stereocenters. The van der Waals surface area contributed by atoms with E-state index < -0.39 is 28.9 Å². The summed E-state index contributed by atoms with van der Waals surface area (Å²) in [5, 5.41) is 5.17. The number of benzene rings is 4. The van der Waals surface area contributed by atoms with Crippen molar-refractivity contribution in [3.8, 4) is 28.6 Å². The fourth-order valence-electron chi connectivity index (χ4n) is 10.4. The Morgan fingerprint density at radius 2 is 1.72 bits per heavy atom. The smallest absolute Gasteiger partial charge is 0.410 e. The van der Waals surface area contributed by atoms with Gasteiger partial charge >= 0.3 is 12.1 Å². The first-order chi connectivity index (χ1) is 30.8. The van der Waals surface area contributed by atoms with E-state index in [1.807, 2.05) is 62.9 Å². The molecule has 1 amide bonds. The number of nitrogens with zero attached hydrogens (tertiary/aromatic N) is 5. The maximum absolute atomic E-state index is 18.4. The normalized spacial score (nSPS) is 22.0. The second kappa shape index (κ2) is 17.4. The molecule has 12 nitrogen and oxygen atoms in total. The van der Waals surface area contributed by atoms with Gasteiger partial charge in [-0.15, -0.1) is 0 Å². The maximum atomic E-state index is 18.4. The predicted octanol–water partition coefficient (Wildman–Crippen LogP) is 9.44. The third-order valence-electron chi connectivity index (χ3n) is 13.3. The number of aromatic nitrogens is 2. The van der Waals surface area contributed by atoms with Crippen molar-refractivity contribution in [1.82, 2.24) is 19.8 Å². The van der Waals surface area contributed by atoms with Gasteiger partial charge in [-0.05, 0) is 123 Å². The third-order valence-corrected chi connectivity index (χ3v) is 13.3. The number of nitrogens with one attached hydrogen (secondary N) is 1. The van der Waals surface area contributed by atoms with Gasteiger partial charge in [-0.1, -0.05) is 25.1 Å². The second-order valence-corrected chi connectivity index (χ2v) is 18.6. The van der Waals surface area contributed by atoms with Crippen LogP contribution in [-0.2, 0) is 22.4 Å². The number of hydrogen-bond donors (Lipinski definition) is 1. The Hall–Kier alpha value is -5.54. The average Bonchev–Trinajstić information content (AvgIpc) is 3.89. The Morgan fingerprint density at radius 1 is 0.953 bits per heavy atom. The summed E-state index contributed by atoms with van der Waals surface area (Å²) >= 11 is 0. The lowest BCUT2D eigenvalue weighted by Gasteiger charge is -2.42. The summed E-state index contributed by atoms with van der Waals surface area (Å²) in [6.07, 6.45) is 2.61. The summed E-state index contributed by atoms with van der Waals surface area (Å²) in [5.41, 5.74) is 1.18. The highest BCUT2D eigenvalue weighted by atomic mass is 19.1. The molecule has 64 heavy (non-hydrogen) atoms. The molecular weight excluding hydrogens is 826 g/mol. The highest BCUT2D eigenvalue weighted by Gasteiger charge is 2.50. The molecule has 4 saturated heterocycles. The van der Waals surface area contributed by atoms with Crippen molar-refractivity contribution in [3.63, 3.8) is 0 Å². The lowest BCUT2D eigenvalue weighted by Crippen LogP contribution is -2.57. The number of piperazine rings is 1. The van der Waals surface area contributed by atoms with Gasteiger partial charge in [-0.25, -0.2) is 18.0 Å². The Bertz CT molecular complexity index is 2540. The molecule has 4 aliphatic heterocycles. The Kier molecular flexibility index (Phi) is 11.9. The van der Waals surface area contributed by atoms with E-state index in [1.165, 1.54) is 13.2 Å². The number of aryl methyl sites for hydroxylation is 1. The van der Waals surface area contributed by atoms with Crippen molar-refractivity contribution in [2.24, 2.45) is 0 Å². The van der Waals surface area contributed by atoms with Gasteiger partial charge in [0.15, 0.2) is 12.6 Å². The van der Waals surface area contributed by atoms with Crippen molar-refractivity contribution in [3.05, 3.63) is 77.4 Å². The van der Waals surface area contributed by atoms with Crippen LogP contribution < -0.4 is 24.4 Å². The van der Waals surface area contributed by atoms with E-state index in [0.29, 0.717) is 89.3 Å². The fraction of sp³-hybridized carbons (Fsp3) is 0.490. The Balaban J connectivity index is 1.23. The summed E-state index contributed by atoms with van der Waals surface area (Å²) in [6.45, 7) is 9.81. The molecule has 4 atom stereocenters. The van der Waals surface area contributed by atoms with Crippen LogP contribution in [0.5, 0.6) is 17.5 Å². The summed E-state index contributed by atoms with van der Waals surface area (Å²) < 4.78 is 78.1. The van der Waals surface area contributed by atoms with Gasteiger partial charge in [0.1, 0.15) is 47.0 Å². The summed E-state index contributed by atoms with van der Waals surface area (Å²) in [4.78, 5) is 29.5. The molecule has 4 fully saturated rings. The molecule has 0 aliphatic carbocycles. The van der Waals surface area contributed by atoms with Gasteiger partial charge in [-0.2, -0.15) is 9.97 Å². The lowest BCUT2D eigenvalue weighted by atomic mass is 9.90. The van der Waals surface area contributed by atoms with E-state index in [0.717, 1.165) is 37.8 Å². The number of rotatable bonds is 13. The van der Waals surface area contributed by atoms with Gasteiger partial charge < -0.3 is 33.9 Å². The van der Waals surface area contributed by atoms with E-state index in [2.05, 4.69) is 15.1 Å². The van der Waals surface area contributed by atoms with E-state index in [1.54, 1.807) is 25.3 Å². The maximum Gasteiger partial charge on any atom is 0.410 e.